The maximum Gasteiger partial charge on any atom is 0.323 e. The molecule has 2 aromatic carbocycles. The van der Waals surface area contributed by atoms with Crippen LogP contribution in [0.25, 0.3) is 0 Å². The molecule has 3 rings (SSSR count). The van der Waals surface area contributed by atoms with Gasteiger partial charge in [-0.15, -0.1) is 0 Å². The van der Waals surface area contributed by atoms with Crippen LogP contribution >= 0.6 is 0 Å². The third kappa shape index (κ3) is 15.5. The van der Waals surface area contributed by atoms with Gasteiger partial charge in [0.1, 0.15) is 29.7 Å². The minimum Gasteiger partial charge on any atom is -0.480 e. The Morgan fingerprint density at radius 2 is 1.10 bits per heavy atom. The molecule has 0 aromatic heterocycles. The van der Waals surface area contributed by atoms with Gasteiger partial charge in [-0.25, -0.2) is 0 Å². The number of rotatable bonds is 24. The van der Waals surface area contributed by atoms with Gasteiger partial charge in [0.15, 0.2) is 0 Å². The third-order valence-electron chi connectivity index (χ3n) is 10.4. The van der Waals surface area contributed by atoms with E-state index in [0.29, 0.717) is 38.8 Å². The summed E-state index contributed by atoms with van der Waals surface area (Å²) in [6, 6.07) is 13.3. The highest BCUT2D eigenvalue weighted by molar-refractivity contribution is 5.96. The third-order valence-corrected chi connectivity index (χ3v) is 10.4. The second kappa shape index (κ2) is 24.1. The summed E-state index contributed by atoms with van der Waals surface area (Å²) in [6.07, 6.45) is 3.47. The van der Waals surface area contributed by atoms with Crippen LogP contribution in [0.2, 0.25) is 0 Å². The van der Waals surface area contributed by atoms with Crippen molar-refractivity contribution in [3.8, 4) is 0 Å². The Hall–Kier alpha value is -4.90. The van der Waals surface area contributed by atoms with Gasteiger partial charge in [-0.05, 0) is 94.3 Å². The van der Waals surface area contributed by atoms with Gasteiger partial charge in [-0.3, -0.25) is 28.8 Å². The molecular weight excluding hydrogens is 743 g/mol. The molecule has 0 spiro atoms. The summed E-state index contributed by atoms with van der Waals surface area (Å²) < 4.78 is 0. The summed E-state index contributed by atoms with van der Waals surface area (Å²) in [4.78, 5) is 82.4. The van der Waals surface area contributed by atoms with Gasteiger partial charge in [0, 0.05) is 19.5 Å². The molecule has 1 aliphatic rings. The Labute approximate surface area is 342 Å². The lowest BCUT2D eigenvalue weighted by Crippen LogP contribution is -2.61. The van der Waals surface area contributed by atoms with E-state index >= 15 is 0 Å². The SMILES string of the molecule is CC(C)C[C@@H](NC(=O)[C@H](Cc1ccccc1)NC(=O)[C@H](N)Cc1ccccc1)C(=O)N[C@H](CCCCN)C(=O)N[C@@H](CCCCN)C(=O)N1CCC(N)(C(=O)O)CC1. The number of nitrogens with one attached hydrogen (secondary N) is 4. The first-order valence-corrected chi connectivity index (χ1v) is 20.4. The smallest absolute Gasteiger partial charge is 0.323 e. The highest BCUT2D eigenvalue weighted by atomic mass is 16.4. The summed E-state index contributed by atoms with van der Waals surface area (Å²) in [5, 5.41) is 20.9. The number of carboxylic acids is 1. The van der Waals surface area contributed by atoms with E-state index in [2.05, 4.69) is 21.3 Å². The molecule has 1 saturated heterocycles. The molecule has 13 N–H and O–H groups in total. The van der Waals surface area contributed by atoms with Gasteiger partial charge in [0.05, 0.1) is 6.04 Å². The Kier molecular flexibility index (Phi) is 19.7. The lowest BCUT2D eigenvalue weighted by molar-refractivity contribution is -0.148. The van der Waals surface area contributed by atoms with Gasteiger partial charge in [0.2, 0.25) is 29.5 Å². The van der Waals surface area contributed by atoms with Crippen LogP contribution in [0.15, 0.2) is 60.7 Å². The van der Waals surface area contributed by atoms with Gasteiger partial charge in [0.25, 0.3) is 0 Å². The summed E-state index contributed by atoms with van der Waals surface area (Å²) in [7, 11) is 0. The van der Waals surface area contributed by atoms with Crippen LogP contribution in [0.4, 0.5) is 0 Å². The molecule has 5 amide bonds. The number of carbonyl (C=O) groups is 6. The van der Waals surface area contributed by atoms with Crippen molar-refractivity contribution in [2.45, 2.75) is 120 Å². The number of likely N-dealkylation sites (tertiary alicyclic amines) is 1. The van der Waals surface area contributed by atoms with Crippen LogP contribution in [0.1, 0.15) is 82.8 Å². The molecule has 320 valence electrons. The Bertz CT molecular complexity index is 1620. The number of hydrogen-bond donors (Lipinski definition) is 9. The molecule has 0 bridgehead atoms. The zero-order chi connectivity index (χ0) is 42.7. The fourth-order valence-electron chi connectivity index (χ4n) is 6.89. The summed E-state index contributed by atoms with van der Waals surface area (Å²) >= 11 is 0. The Balaban J connectivity index is 1.80. The zero-order valence-electron chi connectivity index (χ0n) is 34.0. The van der Waals surface area contributed by atoms with Crippen molar-refractivity contribution in [2.75, 3.05) is 26.2 Å². The molecule has 5 atom stereocenters. The number of hydrogen-bond acceptors (Lipinski definition) is 10. The second-order valence-corrected chi connectivity index (χ2v) is 15.7. The van der Waals surface area contributed by atoms with Crippen LogP contribution < -0.4 is 44.2 Å². The number of amides is 5. The van der Waals surface area contributed by atoms with E-state index in [9.17, 15) is 33.9 Å². The van der Waals surface area contributed by atoms with Gasteiger partial charge >= 0.3 is 5.97 Å². The van der Waals surface area contributed by atoms with Gasteiger partial charge in [-0.2, -0.15) is 0 Å². The average Bonchev–Trinajstić information content (AvgIpc) is 3.20. The molecule has 1 heterocycles. The minimum absolute atomic E-state index is 0.0514. The Morgan fingerprint density at radius 3 is 1.62 bits per heavy atom. The second-order valence-electron chi connectivity index (χ2n) is 15.7. The average molecular weight is 808 g/mol. The first kappa shape index (κ1) is 47.5. The molecule has 0 saturated carbocycles. The van der Waals surface area contributed by atoms with Gasteiger partial charge < -0.3 is 54.2 Å². The highest BCUT2D eigenvalue weighted by Crippen LogP contribution is 2.21. The molecule has 58 heavy (non-hydrogen) atoms. The van der Waals surface area contributed by atoms with Crippen molar-refractivity contribution in [3.63, 3.8) is 0 Å². The number of carboxylic acid groups (broad SMARTS) is 1. The zero-order valence-corrected chi connectivity index (χ0v) is 34.0. The van der Waals surface area contributed by atoms with E-state index in [1.54, 1.807) is 0 Å². The van der Waals surface area contributed by atoms with E-state index in [4.69, 9.17) is 22.9 Å². The van der Waals surface area contributed by atoms with Crippen molar-refractivity contribution >= 4 is 35.5 Å². The molecule has 0 unspecified atom stereocenters. The first-order chi connectivity index (χ1) is 27.7. The lowest BCUT2D eigenvalue weighted by Gasteiger charge is -2.38. The molecule has 16 heteroatoms. The standard InChI is InChI=1S/C42H65N9O7/c1-28(2)25-34(50-39(55)35(27-30-15-7-4-8-16-30)49-36(52)31(45)26-29-13-5-3-6-14-29)38(54)47-32(17-9-11-21-43)37(53)48-33(18-10-12-22-44)40(56)51-23-19-42(46,20-24-51)41(57)58/h3-8,13-16,28,31-35H,9-12,17-27,43-46H2,1-2H3,(H,47,54)(H,48,53)(H,49,52)(H,50,55)(H,57,58)/t31-,32-,33+,34-,35+/m1/s1. The molecule has 16 nitrogen and oxygen atoms in total. The highest BCUT2D eigenvalue weighted by Gasteiger charge is 2.40. The molecule has 1 aliphatic heterocycles. The summed E-state index contributed by atoms with van der Waals surface area (Å²) in [5.41, 5.74) is 24.0. The number of nitrogens with zero attached hydrogens (tertiary/aromatic N) is 1. The van der Waals surface area contributed by atoms with Crippen molar-refractivity contribution in [1.29, 1.82) is 0 Å². The van der Waals surface area contributed by atoms with Crippen molar-refractivity contribution in [1.82, 2.24) is 26.2 Å². The predicted octanol–water partition coefficient (Wildman–Crippen LogP) is 0.447. The number of aliphatic carboxylic acids is 1. The molecular formula is C42H65N9O7. The lowest BCUT2D eigenvalue weighted by atomic mass is 9.88. The number of benzene rings is 2. The first-order valence-electron chi connectivity index (χ1n) is 20.4. The van der Waals surface area contributed by atoms with Crippen LogP contribution in [-0.2, 0) is 41.6 Å². The Morgan fingerprint density at radius 1 is 0.655 bits per heavy atom. The monoisotopic (exact) mass is 808 g/mol. The van der Waals surface area contributed by atoms with E-state index in [1.807, 2.05) is 74.5 Å². The predicted molar refractivity (Wildman–Crippen MR) is 222 cm³/mol. The molecule has 2 aromatic rings. The van der Waals surface area contributed by atoms with Crippen LogP contribution in [0.5, 0.6) is 0 Å². The quantitative estimate of drug-likeness (QED) is 0.0657. The molecule has 1 fully saturated rings. The van der Waals surface area contributed by atoms with E-state index in [1.165, 1.54) is 4.90 Å². The minimum atomic E-state index is -1.43. The number of unbranched alkanes of at least 4 members (excludes halogenated alkanes) is 2. The molecule has 0 aliphatic carbocycles. The molecule has 0 radical (unpaired) electrons. The fourth-order valence-corrected chi connectivity index (χ4v) is 6.89. The van der Waals surface area contributed by atoms with Crippen molar-refractivity contribution in [3.05, 3.63) is 71.8 Å². The number of nitrogens with two attached hydrogens (primary N) is 4. The normalized spacial score (nSPS) is 16.3. The maximum absolute atomic E-state index is 14.1. The van der Waals surface area contributed by atoms with E-state index < -0.39 is 65.3 Å². The van der Waals surface area contributed by atoms with E-state index in [0.717, 1.165) is 11.1 Å². The summed E-state index contributed by atoms with van der Waals surface area (Å²) in [6.45, 7) is 4.78. The number of carbonyl (C=O) groups excluding carboxylic acids is 5. The van der Waals surface area contributed by atoms with E-state index in [-0.39, 0.29) is 69.9 Å². The summed E-state index contributed by atoms with van der Waals surface area (Å²) in [5.74, 6) is -3.85. The fraction of sp³-hybridized carbons (Fsp3) is 0.571. The number of piperidine rings is 1. The van der Waals surface area contributed by atoms with Crippen molar-refractivity contribution < 1.29 is 33.9 Å². The maximum atomic E-state index is 14.1. The van der Waals surface area contributed by atoms with Crippen LogP contribution in [0, 0.1) is 5.92 Å². The van der Waals surface area contributed by atoms with Crippen molar-refractivity contribution in [2.24, 2.45) is 28.9 Å². The van der Waals surface area contributed by atoms with Crippen LogP contribution in [0.3, 0.4) is 0 Å². The topological polar surface area (TPSA) is 278 Å². The van der Waals surface area contributed by atoms with Crippen LogP contribution in [-0.4, -0.2) is 107 Å². The van der Waals surface area contributed by atoms with Gasteiger partial charge in [-0.1, -0.05) is 74.5 Å². The largest absolute Gasteiger partial charge is 0.480 e.